The number of nitrogens with two attached hydrogens (primary N) is 1. The van der Waals surface area contributed by atoms with Crippen LogP contribution in [-0.4, -0.2) is 40.0 Å². The minimum Gasteiger partial charge on any atom is -0.338 e. The Morgan fingerprint density at radius 3 is 3.05 bits per heavy atom. The molecule has 7 heteroatoms. The van der Waals surface area contributed by atoms with Crippen molar-refractivity contribution in [3.63, 3.8) is 0 Å². The van der Waals surface area contributed by atoms with Crippen LogP contribution in [0, 0.1) is 5.92 Å². The summed E-state index contributed by atoms with van der Waals surface area (Å²) in [6.07, 6.45) is 4.02. The lowest BCUT2D eigenvalue weighted by atomic mass is 9.95. The number of hydrogen-bond donors (Lipinski definition) is 1. The first-order chi connectivity index (χ1) is 8.76. The van der Waals surface area contributed by atoms with Crippen LogP contribution >= 0.6 is 23.9 Å². The maximum absolute atomic E-state index is 12.4. The molecule has 1 amide bonds. The molecule has 2 heterocycles. The smallest absolute Gasteiger partial charge is 0.267 e. The largest absolute Gasteiger partial charge is 0.338 e. The van der Waals surface area contributed by atoms with Crippen LogP contribution in [0.25, 0.3) is 0 Å². The Labute approximate surface area is 124 Å². The zero-order valence-electron chi connectivity index (χ0n) is 11.2. The molecule has 2 N–H and O–H groups in total. The van der Waals surface area contributed by atoms with Gasteiger partial charge in [-0.3, -0.25) is 4.79 Å². The third-order valence-corrected chi connectivity index (χ3v) is 4.22. The molecule has 0 aliphatic carbocycles. The van der Waals surface area contributed by atoms with Gasteiger partial charge < -0.3 is 10.6 Å². The molecule has 0 spiro atoms. The first kappa shape index (κ1) is 16.3. The molecule has 1 atom stereocenters. The molecule has 0 aromatic carbocycles. The van der Waals surface area contributed by atoms with Gasteiger partial charge >= 0.3 is 0 Å². The van der Waals surface area contributed by atoms with Crippen molar-refractivity contribution in [2.45, 2.75) is 32.6 Å². The van der Waals surface area contributed by atoms with Crippen LogP contribution in [0.15, 0.2) is 0 Å². The van der Waals surface area contributed by atoms with E-state index < -0.39 is 0 Å². The van der Waals surface area contributed by atoms with Crippen molar-refractivity contribution >= 4 is 29.8 Å². The van der Waals surface area contributed by atoms with Crippen molar-refractivity contribution in [3.8, 4) is 0 Å². The summed E-state index contributed by atoms with van der Waals surface area (Å²) in [4.78, 5) is 15.1. The van der Waals surface area contributed by atoms with Crippen molar-refractivity contribution in [1.29, 1.82) is 0 Å². The molecule has 2 rings (SSSR count). The number of nitrogens with zero attached hydrogens (tertiary/aromatic N) is 3. The number of hydrogen-bond acceptors (Lipinski definition) is 5. The number of halogens is 1. The topological polar surface area (TPSA) is 72.1 Å². The lowest BCUT2D eigenvalue weighted by Gasteiger charge is -2.32. The summed E-state index contributed by atoms with van der Waals surface area (Å²) >= 11 is 1.21. The molecular formula is C12H21ClN4OS. The van der Waals surface area contributed by atoms with E-state index in [9.17, 15) is 4.79 Å². The van der Waals surface area contributed by atoms with Gasteiger partial charge in [0.25, 0.3) is 5.91 Å². The number of carbonyl (C=O) groups excluding carboxylic acids is 1. The molecule has 1 aromatic rings. The number of likely N-dealkylation sites (tertiary alicyclic amines) is 1. The Balaban J connectivity index is 0.00000180. The molecule has 108 valence electrons. The molecule has 1 unspecified atom stereocenters. The molecule has 19 heavy (non-hydrogen) atoms. The fourth-order valence-electron chi connectivity index (χ4n) is 2.47. The number of aromatic nitrogens is 2. The highest BCUT2D eigenvalue weighted by Gasteiger charge is 2.26. The van der Waals surface area contributed by atoms with Crippen LogP contribution in [0.5, 0.6) is 0 Å². The van der Waals surface area contributed by atoms with Crippen LogP contribution in [0.1, 0.15) is 41.6 Å². The number of amides is 1. The zero-order chi connectivity index (χ0) is 13.0. The van der Waals surface area contributed by atoms with Gasteiger partial charge in [-0.2, -0.15) is 0 Å². The van der Waals surface area contributed by atoms with Gasteiger partial charge in [-0.15, -0.1) is 17.5 Å². The van der Waals surface area contributed by atoms with Gasteiger partial charge in [0.15, 0.2) is 0 Å². The van der Waals surface area contributed by atoms with Gasteiger partial charge in [0.1, 0.15) is 4.88 Å². The Kier molecular flexibility index (Phi) is 6.68. The fraction of sp³-hybridized carbons (Fsp3) is 0.750. The van der Waals surface area contributed by atoms with Gasteiger partial charge in [-0.05, 0) is 49.7 Å². The molecule has 5 nitrogen and oxygen atoms in total. The summed E-state index contributed by atoms with van der Waals surface area (Å²) < 4.78 is 3.89. The van der Waals surface area contributed by atoms with Crippen molar-refractivity contribution < 1.29 is 4.79 Å². The van der Waals surface area contributed by atoms with E-state index >= 15 is 0 Å². The van der Waals surface area contributed by atoms with E-state index in [0.717, 1.165) is 38.0 Å². The van der Waals surface area contributed by atoms with E-state index in [1.807, 2.05) is 11.8 Å². The Bertz CT molecular complexity index is 410. The summed E-state index contributed by atoms with van der Waals surface area (Å²) in [5.41, 5.74) is 6.42. The van der Waals surface area contributed by atoms with Gasteiger partial charge in [0.2, 0.25) is 0 Å². The molecule has 0 bridgehead atoms. The quantitative estimate of drug-likeness (QED) is 0.919. The van der Waals surface area contributed by atoms with Gasteiger partial charge in [-0.25, -0.2) is 0 Å². The maximum Gasteiger partial charge on any atom is 0.267 e. The first-order valence-electron chi connectivity index (χ1n) is 6.56. The number of rotatable bonds is 4. The zero-order valence-corrected chi connectivity index (χ0v) is 12.8. The van der Waals surface area contributed by atoms with Crippen molar-refractivity contribution in [2.24, 2.45) is 11.7 Å². The highest BCUT2D eigenvalue weighted by atomic mass is 35.5. The Morgan fingerprint density at radius 2 is 2.37 bits per heavy atom. The third kappa shape index (κ3) is 3.87. The van der Waals surface area contributed by atoms with Crippen LogP contribution < -0.4 is 5.73 Å². The molecule has 0 saturated carbocycles. The summed E-state index contributed by atoms with van der Waals surface area (Å²) in [5, 5.41) is 4.01. The highest BCUT2D eigenvalue weighted by Crippen LogP contribution is 2.22. The minimum atomic E-state index is 0. The predicted octanol–water partition coefficient (Wildman–Crippen LogP) is 1.72. The number of aryl methyl sites for hydroxylation is 1. The van der Waals surface area contributed by atoms with E-state index in [-0.39, 0.29) is 18.3 Å². The van der Waals surface area contributed by atoms with Crippen LogP contribution in [0.2, 0.25) is 0 Å². The molecule has 1 aliphatic rings. The second-order valence-electron chi connectivity index (χ2n) is 4.74. The summed E-state index contributed by atoms with van der Waals surface area (Å²) in [6, 6.07) is 0. The maximum atomic E-state index is 12.4. The first-order valence-corrected chi connectivity index (χ1v) is 7.34. The van der Waals surface area contributed by atoms with Gasteiger partial charge in [0, 0.05) is 13.1 Å². The summed E-state index contributed by atoms with van der Waals surface area (Å²) in [6.45, 7) is 4.38. The molecular weight excluding hydrogens is 284 g/mol. The fourth-order valence-corrected chi connectivity index (χ4v) is 3.19. The average Bonchev–Trinajstić information content (AvgIpc) is 2.87. The number of piperidine rings is 1. The summed E-state index contributed by atoms with van der Waals surface area (Å²) in [7, 11) is 0. The van der Waals surface area contributed by atoms with E-state index in [0.29, 0.717) is 17.3 Å². The van der Waals surface area contributed by atoms with Crippen molar-refractivity contribution in [2.75, 3.05) is 19.6 Å². The number of carbonyl (C=O) groups is 1. The monoisotopic (exact) mass is 304 g/mol. The average molecular weight is 305 g/mol. The standard InChI is InChI=1S/C12H20N4OS.ClH/c1-2-10-11(18-15-14-10)12(17)16-7-3-4-9(8-16)5-6-13;/h9H,2-8,13H2,1H3;1H. The second-order valence-corrected chi connectivity index (χ2v) is 5.49. The second kappa shape index (κ2) is 7.77. The van der Waals surface area contributed by atoms with E-state index in [1.165, 1.54) is 18.0 Å². The van der Waals surface area contributed by atoms with Gasteiger partial charge in [-0.1, -0.05) is 11.4 Å². The Morgan fingerprint density at radius 1 is 1.58 bits per heavy atom. The molecule has 1 saturated heterocycles. The van der Waals surface area contributed by atoms with E-state index in [1.54, 1.807) is 0 Å². The summed E-state index contributed by atoms with van der Waals surface area (Å²) in [5.74, 6) is 0.655. The van der Waals surface area contributed by atoms with Crippen molar-refractivity contribution in [1.82, 2.24) is 14.5 Å². The minimum absolute atomic E-state index is 0. The van der Waals surface area contributed by atoms with Crippen LogP contribution in [0.4, 0.5) is 0 Å². The highest BCUT2D eigenvalue weighted by molar-refractivity contribution is 7.08. The molecule has 1 aromatic heterocycles. The predicted molar refractivity (Wildman–Crippen MR) is 78.8 cm³/mol. The molecule has 1 aliphatic heterocycles. The van der Waals surface area contributed by atoms with E-state index in [2.05, 4.69) is 9.59 Å². The van der Waals surface area contributed by atoms with Gasteiger partial charge in [0.05, 0.1) is 5.69 Å². The third-order valence-electron chi connectivity index (χ3n) is 3.47. The lowest BCUT2D eigenvalue weighted by Crippen LogP contribution is -2.40. The molecule has 1 fully saturated rings. The normalized spacial score (nSPS) is 19.1. The van der Waals surface area contributed by atoms with Crippen LogP contribution in [0.3, 0.4) is 0 Å². The van der Waals surface area contributed by atoms with Crippen molar-refractivity contribution in [3.05, 3.63) is 10.6 Å². The lowest BCUT2D eigenvalue weighted by molar-refractivity contribution is 0.0673. The van der Waals surface area contributed by atoms with Crippen LogP contribution in [-0.2, 0) is 6.42 Å². The molecule has 0 radical (unpaired) electrons. The SMILES string of the molecule is CCc1nnsc1C(=O)N1CCCC(CCN)C1.Cl. The van der Waals surface area contributed by atoms with E-state index in [4.69, 9.17) is 5.73 Å². The Hall–Kier alpha value is -0.720.